The maximum absolute atomic E-state index is 6.50. The number of nitrogens with two attached hydrogens (primary N) is 1. The van der Waals surface area contributed by atoms with Crippen molar-refractivity contribution in [3.05, 3.63) is 58.1 Å². The van der Waals surface area contributed by atoms with Crippen LogP contribution in [-0.4, -0.2) is 6.04 Å². The van der Waals surface area contributed by atoms with E-state index in [4.69, 9.17) is 28.9 Å². The Bertz CT molecular complexity index is 786. The van der Waals surface area contributed by atoms with Gasteiger partial charge in [0.1, 0.15) is 0 Å². The van der Waals surface area contributed by atoms with Crippen LogP contribution in [0.1, 0.15) is 51.0 Å². The molecule has 0 bridgehead atoms. The van der Waals surface area contributed by atoms with Crippen LogP contribution >= 0.6 is 23.2 Å². The average molecular weight is 386 g/mol. The van der Waals surface area contributed by atoms with Crippen molar-refractivity contribution < 1.29 is 0 Å². The first-order valence-electron chi connectivity index (χ1n) is 9.31. The van der Waals surface area contributed by atoms with Crippen molar-refractivity contribution in [2.75, 3.05) is 0 Å². The summed E-state index contributed by atoms with van der Waals surface area (Å²) in [6.07, 6.45) is 7.01. The van der Waals surface area contributed by atoms with Crippen molar-refractivity contribution in [3.63, 3.8) is 0 Å². The molecule has 3 rings (SSSR count). The summed E-state index contributed by atoms with van der Waals surface area (Å²) in [5.74, 6) is 6.62. The lowest BCUT2D eigenvalue weighted by Crippen LogP contribution is -2.40. The fraction of sp³-hybridized carbons (Fsp3) is 0.391. The Kier molecular flexibility index (Phi) is 6.30. The van der Waals surface area contributed by atoms with Gasteiger partial charge in [-0.15, -0.1) is 0 Å². The molecule has 0 amide bonds. The Morgan fingerprint density at radius 3 is 2.23 bits per heavy atom. The molecule has 0 radical (unpaired) electrons. The van der Waals surface area contributed by atoms with Crippen LogP contribution in [0.15, 0.2) is 42.5 Å². The first-order chi connectivity index (χ1) is 12.5. The molecule has 1 atom stereocenters. The molecule has 1 fully saturated rings. The van der Waals surface area contributed by atoms with E-state index in [0.29, 0.717) is 10.0 Å². The molecule has 2 aromatic rings. The molecule has 26 heavy (non-hydrogen) atoms. The van der Waals surface area contributed by atoms with Gasteiger partial charge in [-0.3, -0.25) is 0 Å². The van der Waals surface area contributed by atoms with Crippen molar-refractivity contribution >= 4 is 23.2 Å². The number of hydrogen-bond acceptors (Lipinski definition) is 1. The Morgan fingerprint density at radius 2 is 1.65 bits per heavy atom. The van der Waals surface area contributed by atoms with Gasteiger partial charge in [-0.05, 0) is 42.9 Å². The predicted octanol–water partition coefficient (Wildman–Crippen LogP) is 6.70. The molecule has 0 spiro atoms. The van der Waals surface area contributed by atoms with Crippen LogP contribution in [0.4, 0.5) is 0 Å². The van der Waals surface area contributed by atoms with Gasteiger partial charge in [0.15, 0.2) is 0 Å². The highest BCUT2D eigenvalue weighted by molar-refractivity contribution is 6.39. The molecule has 1 aliphatic rings. The van der Waals surface area contributed by atoms with E-state index < -0.39 is 0 Å². The first-order valence-corrected chi connectivity index (χ1v) is 10.1. The fourth-order valence-electron chi connectivity index (χ4n) is 3.90. The van der Waals surface area contributed by atoms with E-state index in [9.17, 15) is 0 Å². The van der Waals surface area contributed by atoms with E-state index in [-0.39, 0.29) is 11.5 Å². The zero-order chi connectivity index (χ0) is 18.6. The van der Waals surface area contributed by atoms with Gasteiger partial charge in [0.2, 0.25) is 0 Å². The predicted molar refractivity (Wildman–Crippen MR) is 113 cm³/mol. The fourth-order valence-corrected chi connectivity index (χ4v) is 4.60. The summed E-state index contributed by atoms with van der Waals surface area (Å²) in [6, 6.07) is 13.9. The zero-order valence-electron chi connectivity index (χ0n) is 15.2. The molecule has 2 aromatic carbocycles. The third-order valence-corrected chi connectivity index (χ3v) is 6.19. The van der Waals surface area contributed by atoms with Crippen molar-refractivity contribution in [1.82, 2.24) is 0 Å². The molecular formula is C23H25Cl2N. The minimum absolute atomic E-state index is 0.156. The van der Waals surface area contributed by atoms with Crippen molar-refractivity contribution in [2.24, 2.45) is 11.1 Å². The average Bonchev–Trinajstić information content (AvgIpc) is 2.63. The van der Waals surface area contributed by atoms with Crippen LogP contribution in [0.2, 0.25) is 10.0 Å². The molecule has 1 aliphatic carbocycles. The molecule has 1 unspecified atom stereocenters. The third kappa shape index (κ3) is 4.26. The second-order valence-electron chi connectivity index (χ2n) is 7.37. The lowest BCUT2D eigenvalue weighted by molar-refractivity contribution is 0.159. The summed E-state index contributed by atoms with van der Waals surface area (Å²) in [5.41, 5.74) is 9.19. The summed E-state index contributed by atoms with van der Waals surface area (Å²) in [4.78, 5) is 0. The first kappa shape index (κ1) is 19.3. The van der Waals surface area contributed by atoms with E-state index in [0.717, 1.165) is 23.1 Å². The highest BCUT2D eigenvalue weighted by Gasteiger charge is 2.34. The molecule has 0 aromatic heterocycles. The molecule has 2 N–H and O–H groups in total. The second kappa shape index (κ2) is 8.49. The smallest absolute Gasteiger partial charge is 0.0511 e. The lowest BCUT2D eigenvalue weighted by atomic mass is 9.68. The summed E-state index contributed by atoms with van der Waals surface area (Å²) < 4.78 is 0. The zero-order valence-corrected chi connectivity index (χ0v) is 16.7. The van der Waals surface area contributed by atoms with Crippen molar-refractivity contribution in [3.8, 4) is 23.0 Å². The normalized spacial score (nSPS) is 17.2. The van der Waals surface area contributed by atoms with Crippen LogP contribution in [-0.2, 0) is 0 Å². The number of benzene rings is 2. The van der Waals surface area contributed by atoms with Crippen LogP contribution in [0.3, 0.4) is 0 Å². The van der Waals surface area contributed by atoms with E-state index in [1.54, 1.807) is 0 Å². The lowest BCUT2D eigenvalue weighted by Gasteiger charge is -2.39. The minimum atomic E-state index is 0.156. The highest BCUT2D eigenvalue weighted by atomic mass is 35.5. The SMILES string of the molecule is CC(N)C1(CC#Cc2cc(Cl)c(-c3ccccc3)c(Cl)c2)CCCCC1. The largest absolute Gasteiger partial charge is 0.327 e. The number of rotatable bonds is 3. The quantitative estimate of drug-likeness (QED) is 0.584. The molecule has 1 nitrogen and oxygen atoms in total. The Morgan fingerprint density at radius 1 is 1.04 bits per heavy atom. The van der Waals surface area contributed by atoms with Crippen LogP contribution in [0, 0.1) is 17.3 Å². The van der Waals surface area contributed by atoms with Crippen LogP contribution in [0.25, 0.3) is 11.1 Å². The van der Waals surface area contributed by atoms with E-state index in [2.05, 4.69) is 18.8 Å². The Labute approximate surface area is 166 Å². The van der Waals surface area contributed by atoms with Gasteiger partial charge in [-0.1, -0.05) is 84.6 Å². The number of halogens is 2. The van der Waals surface area contributed by atoms with Crippen molar-refractivity contribution in [1.29, 1.82) is 0 Å². The van der Waals surface area contributed by atoms with Gasteiger partial charge in [-0.25, -0.2) is 0 Å². The summed E-state index contributed by atoms with van der Waals surface area (Å²) in [5, 5.41) is 1.26. The van der Waals surface area contributed by atoms with Gasteiger partial charge in [0.25, 0.3) is 0 Å². The Hall–Kier alpha value is -1.46. The molecule has 3 heteroatoms. The van der Waals surface area contributed by atoms with E-state index in [1.165, 1.54) is 32.1 Å². The molecule has 0 aliphatic heterocycles. The molecule has 0 saturated heterocycles. The monoisotopic (exact) mass is 385 g/mol. The van der Waals surface area contributed by atoms with Gasteiger partial charge in [0.05, 0.1) is 10.0 Å². The molecule has 136 valence electrons. The van der Waals surface area contributed by atoms with Gasteiger partial charge in [-0.2, -0.15) is 0 Å². The van der Waals surface area contributed by atoms with E-state index in [1.807, 2.05) is 42.5 Å². The van der Waals surface area contributed by atoms with E-state index >= 15 is 0 Å². The molecule has 1 saturated carbocycles. The maximum atomic E-state index is 6.50. The maximum Gasteiger partial charge on any atom is 0.0511 e. The third-order valence-electron chi connectivity index (χ3n) is 5.59. The molecule has 0 heterocycles. The standard InChI is InChI=1S/C23H25Cl2N/c1-17(26)23(12-6-3-7-13-23)14-8-9-18-15-20(24)22(21(25)16-18)19-10-4-2-5-11-19/h2,4-5,10-11,15-17H,3,6-7,12-14,26H2,1H3. The topological polar surface area (TPSA) is 26.0 Å². The molecular weight excluding hydrogens is 361 g/mol. The minimum Gasteiger partial charge on any atom is -0.327 e. The van der Waals surface area contributed by atoms with Gasteiger partial charge >= 0.3 is 0 Å². The summed E-state index contributed by atoms with van der Waals surface area (Å²) >= 11 is 13.0. The van der Waals surface area contributed by atoms with Gasteiger partial charge in [0, 0.05) is 23.6 Å². The Balaban J connectivity index is 1.82. The summed E-state index contributed by atoms with van der Waals surface area (Å²) in [6.45, 7) is 2.12. The second-order valence-corrected chi connectivity index (χ2v) is 8.19. The highest BCUT2D eigenvalue weighted by Crippen LogP contribution is 2.41. The van der Waals surface area contributed by atoms with Gasteiger partial charge < -0.3 is 5.73 Å². The van der Waals surface area contributed by atoms with Crippen molar-refractivity contribution in [2.45, 2.75) is 51.5 Å². The van der Waals surface area contributed by atoms with Crippen LogP contribution < -0.4 is 5.73 Å². The number of hydrogen-bond donors (Lipinski definition) is 1. The summed E-state index contributed by atoms with van der Waals surface area (Å²) in [7, 11) is 0. The van der Waals surface area contributed by atoms with Crippen LogP contribution in [0.5, 0.6) is 0 Å².